The van der Waals surface area contributed by atoms with Crippen LogP contribution in [0.25, 0.3) is 0 Å². The molecule has 4 heteroatoms. The van der Waals surface area contributed by atoms with Crippen LogP contribution in [0.3, 0.4) is 0 Å². The zero-order valence-electron chi connectivity index (χ0n) is 12.0. The SMILES string of the molecule is CSCCC(C)N(C)Cc1cc(C#CCCO)cs1. The Morgan fingerprint density at radius 2 is 2.32 bits per heavy atom. The summed E-state index contributed by atoms with van der Waals surface area (Å²) in [6.45, 7) is 3.41. The van der Waals surface area contributed by atoms with Gasteiger partial charge in [-0.05, 0) is 38.5 Å². The zero-order valence-corrected chi connectivity index (χ0v) is 13.6. The summed E-state index contributed by atoms with van der Waals surface area (Å²) in [4.78, 5) is 3.75. The molecule has 0 bridgehead atoms. The molecule has 0 saturated heterocycles. The quantitative estimate of drug-likeness (QED) is 0.783. The maximum Gasteiger partial charge on any atom is 0.0540 e. The standard InChI is InChI=1S/C15H23NOS2/c1-13(7-9-18-3)16(2)11-15-10-14(12-19-15)6-4-5-8-17/h10,12-13,17H,5,7-9,11H2,1-3H3. The Balaban J connectivity index is 2.47. The molecule has 1 rings (SSSR count). The van der Waals surface area contributed by atoms with Gasteiger partial charge in [0.2, 0.25) is 0 Å². The van der Waals surface area contributed by atoms with Crippen molar-refractivity contribution in [2.45, 2.75) is 32.4 Å². The molecule has 0 aliphatic heterocycles. The predicted octanol–water partition coefficient (Wildman–Crippen LogP) is 3.06. The lowest BCUT2D eigenvalue weighted by Crippen LogP contribution is -2.28. The number of aliphatic hydroxyl groups excluding tert-OH is 1. The molecule has 19 heavy (non-hydrogen) atoms. The average Bonchev–Trinajstić information content (AvgIpc) is 2.83. The molecule has 0 aromatic carbocycles. The summed E-state index contributed by atoms with van der Waals surface area (Å²) in [6, 6.07) is 2.77. The maximum absolute atomic E-state index is 8.69. The van der Waals surface area contributed by atoms with Crippen LogP contribution in [0, 0.1) is 11.8 Å². The summed E-state index contributed by atoms with van der Waals surface area (Å²) in [5.74, 6) is 7.26. The molecule has 1 heterocycles. The van der Waals surface area contributed by atoms with Gasteiger partial charge < -0.3 is 5.11 Å². The summed E-state index contributed by atoms with van der Waals surface area (Å²) < 4.78 is 0. The highest BCUT2D eigenvalue weighted by molar-refractivity contribution is 7.98. The molecule has 2 nitrogen and oxygen atoms in total. The molecule has 0 amide bonds. The molecule has 0 spiro atoms. The molecule has 0 fully saturated rings. The number of hydrogen-bond acceptors (Lipinski definition) is 4. The van der Waals surface area contributed by atoms with Gasteiger partial charge in [0.25, 0.3) is 0 Å². The summed E-state index contributed by atoms with van der Waals surface area (Å²) in [6.07, 6.45) is 3.94. The second-order valence-electron chi connectivity index (χ2n) is 4.62. The van der Waals surface area contributed by atoms with Gasteiger partial charge in [0, 0.05) is 34.8 Å². The third-order valence-electron chi connectivity index (χ3n) is 3.02. The monoisotopic (exact) mass is 297 g/mol. The molecular weight excluding hydrogens is 274 g/mol. The van der Waals surface area contributed by atoms with E-state index in [0.29, 0.717) is 12.5 Å². The minimum Gasteiger partial charge on any atom is -0.395 e. The number of thioether (sulfide) groups is 1. The third-order valence-corrected chi connectivity index (χ3v) is 4.59. The van der Waals surface area contributed by atoms with Crippen molar-refractivity contribution in [3.63, 3.8) is 0 Å². The highest BCUT2D eigenvalue weighted by atomic mass is 32.2. The van der Waals surface area contributed by atoms with Gasteiger partial charge in [0.1, 0.15) is 0 Å². The minimum atomic E-state index is 0.139. The van der Waals surface area contributed by atoms with Crippen LogP contribution in [0.15, 0.2) is 11.4 Å². The van der Waals surface area contributed by atoms with Gasteiger partial charge in [0.15, 0.2) is 0 Å². The lowest BCUT2D eigenvalue weighted by atomic mass is 10.2. The predicted molar refractivity (Wildman–Crippen MR) is 86.8 cm³/mol. The van der Waals surface area contributed by atoms with Crippen LogP contribution >= 0.6 is 23.1 Å². The van der Waals surface area contributed by atoms with Crippen molar-refractivity contribution in [3.05, 3.63) is 21.9 Å². The van der Waals surface area contributed by atoms with Gasteiger partial charge in [-0.2, -0.15) is 11.8 Å². The van der Waals surface area contributed by atoms with Crippen LogP contribution in [0.1, 0.15) is 30.2 Å². The molecule has 0 aliphatic carbocycles. The number of rotatable bonds is 7. The highest BCUT2D eigenvalue weighted by Gasteiger charge is 2.10. The number of thiophene rings is 1. The molecule has 1 N–H and O–H groups in total. The maximum atomic E-state index is 8.69. The highest BCUT2D eigenvalue weighted by Crippen LogP contribution is 2.17. The fourth-order valence-electron chi connectivity index (χ4n) is 1.66. The van der Waals surface area contributed by atoms with Crippen molar-refractivity contribution >= 4 is 23.1 Å². The van der Waals surface area contributed by atoms with Crippen molar-refractivity contribution < 1.29 is 5.11 Å². The van der Waals surface area contributed by atoms with E-state index in [1.54, 1.807) is 11.3 Å². The Bertz CT molecular complexity index is 419. The van der Waals surface area contributed by atoms with Crippen LogP contribution in [0.4, 0.5) is 0 Å². The first-order chi connectivity index (χ1) is 9.17. The van der Waals surface area contributed by atoms with Gasteiger partial charge in [-0.15, -0.1) is 11.3 Å². The number of aliphatic hydroxyl groups is 1. The van der Waals surface area contributed by atoms with E-state index in [0.717, 1.165) is 12.1 Å². The second kappa shape index (κ2) is 9.44. The molecule has 106 valence electrons. The van der Waals surface area contributed by atoms with E-state index in [4.69, 9.17) is 5.11 Å². The van der Waals surface area contributed by atoms with Gasteiger partial charge in [-0.25, -0.2) is 0 Å². The Kier molecular flexibility index (Phi) is 8.24. The Labute approximate surface area is 125 Å². The topological polar surface area (TPSA) is 23.5 Å². The van der Waals surface area contributed by atoms with Crippen LogP contribution in [0.5, 0.6) is 0 Å². The Hall–Kier alpha value is -0.470. The minimum absolute atomic E-state index is 0.139. The van der Waals surface area contributed by atoms with Crippen LogP contribution < -0.4 is 0 Å². The zero-order chi connectivity index (χ0) is 14.1. The second-order valence-corrected chi connectivity index (χ2v) is 6.60. The van der Waals surface area contributed by atoms with Crippen molar-refractivity contribution in [2.75, 3.05) is 25.7 Å². The Morgan fingerprint density at radius 3 is 3.00 bits per heavy atom. The first kappa shape index (κ1) is 16.6. The largest absolute Gasteiger partial charge is 0.395 e. The fraction of sp³-hybridized carbons (Fsp3) is 0.600. The summed E-state index contributed by atoms with van der Waals surface area (Å²) >= 11 is 3.67. The van der Waals surface area contributed by atoms with Crippen LogP contribution in [-0.4, -0.2) is 41.7 Å². The van der Waals surface area contributed by atoms with Crippen molar-refractivity contribution in [3.8, 4) is 11.8 Å². The first-order valence-corrected chi connectivity index (χ1v) is 8.81. The molecule has 0 aliphatic rings. The molecule has 0 radical (unpaired) electrons. The van der Waals surface area contributed by atoms with Gasteiger partial charge in [-0.1, -0.05) is 11.8 Å². The summed E-state index contributed by atoms with van der Waals surface area (Å²) in [5, 5.41) is 10.8. The molecule has 1 atom stereocenters. The summed E-state index contributed by atoms with van der Waals surface area (Å²) in [7, 11) is 2.18. The third kappa shape index (κ3) is 6.49. The number of nitrogens with zero attached hydrogens (tertiary/aromatic N) is 1. The van der Waals surface area contributed by atoms with Crippen LogP contribution in [0.2, 0.25) is 0 Å². The summed E-state index contributed by atoms with van der Waals surface area (Å²) in [5.41, 5.74) is 1.07. The molecule has 1 unspecified atom stereocenters. The van der Waals surface area contributed by atoms with Crippen molar-refractivity contribution in [2.24, 2.45) is 0 Å². The van der Waals surface area contributed by atoms with Gasteiger partial charge >= 0.3 is 0 Å². The average molecular weight is 297 g/mol. The fourth-order valence-corrected chi connectivity index (χ4v) is 3.12. The van der Waals surface area contributed by atoms with Gasteiger partial charge in [0.05, 0.1) is 6.61 Å². The lowest BCUT2D eigenvalue weighted by molar-refractivity contribution is 0.247. The van der Waals surface area contributed by atoms with Crippen molar-refractivity contribution in [1.82, 2.24) is 4.90 Å². The van der Waals surface area contributed by atoms with E-state index in [2.05, 4.69) is 48.4 Å². The molecular formula is C15H23NOS2. The van der Waals surface area contributed by atoms with Crippen molar-refractivity contribution in [1.29, 1.82) is 0 Å². The lowest BCUT2D eigenvalue weighted by Gasteiger charge is -2.23. The normalized spacial score (nSPS) is 12.3. The van der Waals surface area contributed by atoms with Gasteiger partial charge in [-0.3, -0.25) is 4.90 Å². The van der Waals surface area contributed by atoms with E-state index >= 15 is 0 Å². The van der Waals surface area contributed by atoms with E-state index in [1.807, 2.05) is 11.8 Å². The Morgan fingerprint density at radius 1 is 1.53 bits per heavy atom. The molecule has 1 aromatic rings. The molecule has 1 aromatic heterocycles. The van der Waals surface area contributed by atoms with E-state index < -0.39 is 0 Å². The smallest absolute Gasteiger partial charge is 0.0540 e. The van der Waals surface area contributed by atoms with Crippen LogP contribution in [-0.2, 0) is 6.54 Å². The van der Waals surface area contributed by atoms with E-state index in [9.17, 15) is 0 Å². The number of hydrogen-bond donors (Lipinski definition) is 1. The van der Waals surface area contributed by atoms with E-state index in [1.165, 1.54) is 17.1 Å². The first-order valence-electron chi connectivity index (χ1n) is 6.53. The molecule has 0 saturated carbocycles. The van der Waals surface area contributed by atoms with E-state index in [-0.39, 0.29) is 6.61 Å².